The van der Waals surface area contributed by atoms with Crippen molar-refractivity contribution in [1.82, 2.24) is 15.0 Å². The molecule has 150 valence electrons. The van der Waals surface area contributed by atoms with Crippen molar-refractivity contribution in [2.24, 2.45) is 0 Å². The number of rotatable bonds is 8. The Morgan fingerprint density at radius 2 is 1.82 bits per heavy atom. The van der Waals surface area contributed by atoms with E-state index in [0.717, 1.165) is 5.56 Å². The number of fused-ring (bicyclic) bond motifs is 1. The van der Waals surface area contributed by atoms with E-state index in [1.807, 2.05) is 0 Å². The number of anilines is 1. The van der Waals surface area contributed by atoms with Crippen LogP contribution in [0.4, 0.5) is 5.82 Å². The molecule has 28 heavy (non-hydrogen) atoms. The average molecular weight is 408 g/mol. The molecule has 6 N–H and O–H groups in total. The molecule has 0 bridgehead atoms. The molecule has 3 aromatic rings. The molecule has 0 amide bonds. The molecule has 0 saturated carbocycles. The second kappa shape index (κ2) is 8.15. The van der Waals surface area contributed by atoms with Gasteiger partial charge in [-0.1, -0.05) is 24.3 Å². The van der Waals surface area contributed by atoms with E-state index in [2.05, 4.69) is 15.0 Å². The van der Waals surface area contributed by atoms with Gasteiger partial charge in [0.25, 0.3) is 0 Å². The van der Waals surface area contributed by atoms with Crippen LogP contribution < -0.4 is 10.5 Å². The van der Waals surface area contributed by atoms with Gasteiger partial charge in [0.05, 0.1) is 12.8 Å². The summed E-state index contributed by atoms with van der Waals surface area (Å²) in [6.07, 6.45) is 0.00748. The minimum Gasteiger partial charge on any atom is -0.494 e. The molecule has 0 aliphatic heterocycles. The van der Waals surface area contributed by atoms with E-state index in [4.69, 9.17) is 25.0 Å². The van der Waals surface area contributed by atoms with Crippen LogP contribution in [0.3, 0.4) is 0 Å². The molecule has 2 heterocycles. The smallest absolute Gasteiger partial charge is 0.329 e. The number of hydrogen-bond acceptors (Lipinski definition) is 7. The van der Waals surface area contributed by atoms with Crippen LogP contribution in [-0.4, -0.2) is 50.2 Å². The SMILES string of the molecule is COCCOc1nc(N)c2[nH]c(O)c(Cc3ccc(CP(=O)(O)O)cc3)c2n1. The first-order valence-corrected chi connectivity index (χ1v) is 10.2. The Morgan fingerprint density at radius 1 is 1.14 bits per heavy atom. The highest BCUT2D eigenvalue weighted by Gasteiger charge is 2.18. The number of nitrogen functional groups attached to an aromatic ring is 1. The van der Waals surface area contributed by atoms with Gasteiger partial charge in [0.2, 0.25) is 0 Å². The van der Waals surface area contributed by atoms with Crippen molar-refractivity contribution >= 4 is 24.4 Å². The summed E-state index contributed by atoms with van der Waals surface area (Å²) >= 11 is 0. The maximum Gasteiger partial charge on any atom is 0.329 e. The van der Waals surface area contributed by atoms with Gasteiger partial charge in [0, 0.05) is 19.1 Å². The number of ether oxygens (including phenoxy) is 2. The number of aromatic amines is 1. The number of benzene rings is 1. The highest BCUT2D eigenvalue weighted by atomic mass is 31.2. The fraction of sp³-hybridized carbons (Fsp3) is 0.294. The van der Waals surface area contributed by atoms with Crippen LogP contribution in [0.1, 0.15) is 16.7 Å². The van der Waals surface area contributed by atoms with Crippen LogP contribution in [0.5, 0.6) is 11.9 Å². The predicted octanol–water partition coefficient (Wildman–Crippen LogP) is 1.54. The third kappa shape index (κ3) is 4.79. The maximum atomic E-state index is 11.1. The minimum atomic E-state index is -4.12. The van der Waals surface area contributed by atoms with Crippen LogP contribution >= 0.6 is 7.60 Å². The van der Waals surface area contributed by atoms with E-state index in [1.54, 1.807) is 31.4 Å². The van der Waals surface area contributed by atoms with Gasteiger partial charge in [0.1, 0.15) is 17.6 Å². The topological polar surface area (TPSA) is 164 Å². The Labute approximate surface area is 160 Å². The minimum absolute atomic E-state index is 0.0793. The van der Waals surface area contributed by atoms with E-state index in [-0.39, 0.29) is 30.5 Å². The Bertz CT molecular complexity index is 1010. The summed E-state index contributed by atoms with van der Waals surface area (Å²) in [6.45, 7) is 0.627. The second-order valence-corrected chi connectivity index (χ2v) is 7.87. The van der Waals surface area contributed by atoms with Gasteiger partial charge in [0.15, 0.2) is 11.7 Å². The number of aromatic nitrogens is 3. The van der Waals surface area contributed by atoms with Gasteiger partial charge < -0.3 is 35.1 Å². The van der Waals surface area contributed by atoms with Gasteiger partial charge in [-0.3, -0.25) is 4.57 Å². The Hall–Kier alpha value is -2.65. The zero-order chi connectivity index (χ0) is 20.3. The van der Waals surface area contributed by atoms with Crippen molar-refractivity contribution in [3.8, 4) is 11.9 Å². The molecule has 10 nitrogen and oxygen atoms in total. The van der Waals surface area contributed by atoms with E-state index < -0.39 is 7.60 Å². The van der Waals surface area contributed by atoms with Gasteiger partial charge in [-0.25, -0.2) is 0 Å². The lowest BCUT2D eigenvalue weighted by molar-refractivity contribution is 0.141. The lowest BCUT2D eigenvalue weighted by atomic mass is 10.0. The van der Waals surface area contributed by atoms with Gasteiger partial charge in [-0.2, -0.15) is 9.97 Å². The number of H-pyrrole nitrogens is 1. The summed E-state index contributed by atoms with van der Waals surface area (Å²) in [5, 5.41) is 10.3. The van der Waals surface area contributed by atoms with Crippen molar-refractivity contribution in [3.05, 3.63) is 41.0 Å². The molecule has 0 atom stereocenters. The molecule has 0 saturated heterocycles. The van der Waals surface area contributed by atoms with E-state index in [9.17, 15) is 9.67 Å². The monoisotopic (exact) mass is 408 g/mol. The van der Waals surface area contributed by atoms with Gasteiger partial charge >= 0.3 is 13.6 Å². The van der Waals surface area contributed by atoms with Gasteiger partial charge in [-0.15, -0.1) is 0 Å². The second-order valence-electron chi connectivity index (χ2n) is 6.22. The first kappa shape index (κ1) is 20.1. The quantitative estimate of drug-likeness (QED) is 0.275. The normalized spacial score (nSPS) is 11.8. The molecule has 1 aromatic carbocycles. The van der Waals surface area contributed by atoms with Crippen molar-refractivity contribution < 1.29 is 28.9 Å². The molecule has 0 radical (unpaired) electrons. The molecular weight excluding hydrogens is 387 g/mol. The van der Waals surface area contributed by atoms with Crippen molar-refractivity contribution in [2.45, 2.75) is 12.6 Å². The summed E-state index contributed by atoms with van der Waals surface area (Å²) in [4.78, 5) is 29.3. The molecule has 0 spiro atoms. The zero-order valence-corrected chi connectivity index (χ0v) is 16.0. The summed E-state index contributed by atoms with van der Waals surface area (Å²) in [5.74, 6) is 0.0697. The summed E-state index contributed by atoms with van der Waals surface area (Å²) < 4.78 is 21.4. The lowest BCUT2D eigenvalue weighted by Crippen LogP contribution is -2.08. The van der Waals surface area contributed by atoms with E-state index >= 15 is 0 Å². The lowest BCUT2D eigenvalue weighted by Gasteiger charge is -2.07. The fourth-order valence-electron chi connectivity index (χ4n) is 2.76. The number of nitrogens with zero attached hydrogens (tertiary/aromatic N) is 2. The highest BCUT2D eigenvalue weighted by Crippen LogP contribution is 2.39. The highest BCUT2D eigenvalue weighted by molar-refractivity contribution is 7.50. The third-order valence-electron chi connectivity index (χ3n) is 4.04. The number of methoxy groups -OCH3 is 1. The first-order chi connectivity index (χ1) is 13.3. The molecular formula is C17H21N4O6P. The molecule has 0 fully saturated rings. The molecule has 2 aromatic heterocycles. The molecule has 0 aliphatic carbocycles. The standard InChI is InChI=1S/C17H21N4O6P/c1-26-6-7-27-17-20-13-12(16(22)19-14(13)15(18)21-17)8-10-2-4-11(5-3-10)9-28(23,24)25/h2-5,19,22H,6-9H2,1H3,(H2,18,20,21)(H2,23,24,25). The fourth-order valence-corrected chi connectivity index (χ4v) is 3.44. The van der Waals surface area contributed by atoms with Crippen molar-refractivity contribution in [2.75, 3.05) is 26.1 Å². The predicted molar refractivity (Wildman–Crippen MR) is 102 cm³/mol. The zero-order valence-electron chi connectivity index (χ0n) is 15.1. The van der Waals surface area contributed by atoms with Crippen molar-refractivity contribution in [3.63, 3.8) is 0 Å². The molecule has 3 rings (SSSR count). The first-order valence-electron chi connectivity index (χ1n) is 8.38. The van der Waals surface area contributed by atoms with Crippen molar-refractivity contribution in [1.29, 1.82) is 0 Å². The summed E-state index contributed by atoms with van der Waals surface area (Å²) in [5.41, 5.74) is 8.65. The molecule has 0 aliphatic rings. The van der Waals surface area contributed by atoms with E-state index in [1.165, 1.54) is 0 Å². The summed E-state index contributed by atoms with van der Waals surface area (Å²) in [6, 6.07) is 6.85. The van der Waals surface area contributed by atoms with Crippen LogP contribution in [0.15, 0.2) is 24.3 Å². The largest absolute Gasteiger partial charge is 0.494 e. The summed E-state index contributed by atoms with van der Waals surface area (Å²) in [7, 11) is -2.57. The van der Waals surface area contributed by atoms with Gasteiger partial charge in [-0.05, 0) is 11.1 Å². The van der Waals surface area contributed by atoms with Crippen LogP contribution in [-0.2, 0) is 21.9 Å². The number of hydrogen-bond donors (Lipinski definition) is 5. The number of aromatic hydroxyl groups is 1. The number of nitrogens with one attached hydrogen (secondary N) is 1. The van der Waals surface area contributed by atoms with Crippen LogP contribution in [0.2, 0.25) is 0 Å². The van der Waals surface area contributed by atoms with Crippen LogP contribution in [0.25, 0.3) is 11.0 Å². The average Bonchev–Trinajstić information content (AvgIpc) is 2.92. The Balaban J connectivity index is 1.87. The molecule has 0 unspecified atom stereocenters. The Kier molecular flexibility index (Phi) is 5.85. The maximum absolute atomic E-state index is 11.1. The molecule has 11 heteroatoms. The van der Waals surface area contributed by atoms with E-state index in [0.29, 0.717) is 35.2 Å². The van der Waals surface area contributed by atoms with Crippen LogP contribution in [0, 0.1) is 0 Å². The Morgan fingerprint density at radius 3 is 2.46 bits per heavy atom. The third-order valence-corrected chi connectivity index (χ3v) is 4.82. The number of nitrogens with two attached hydrogens (primary N) is 1.